The van der Waals surface area contributed by atoms with Gasteiger partial charge in [0.15, 0.2) is 6.10 Å². The van der Waals surface area contributed by atoms with Gasteiger partial charge in [0, 0.05) is 12.8 Å². The molecule has 0 saturated carbocycles. The van der Waals surface area contributed by atoms with Crippen LogP contribution in [0.2, 0.25) is 0 Å². The van der Waals surface area contributed by atoms with Gasteiger partial charge in [-0.05, 0) is 44.9 Å². The Hall–Kier alpha value is -1.62. The van der Waals surface area contributed by atoms with Gasteiger partial charge in [0.2, 0.25) is 0 Å². The van der Waals surface area contributed by atoms with Crippen molar-refractivity contribution in [2.75, 3.05) is 13.2 Å². The molecule has 5 heteroatoms. The van der Waals surface area contributed by atoms with Crippen LogP contribution in [0.3, 0.4) is 0 Å². The molecule has 360 valence electrons. The van der Waals surface area contributed by atoms with E-state index in [4.69, 9.17) is 9.47 Å². The molecule has 0 aliphatic heterocycles. The van der Waals surface area contributed by atoms with Crippen LogP contribution < -0.4 is 0 Å². The van der Waals surface area contributed by atoms with Crippen LogP contribution in [-0.2, 0) is 19.1 Å². The second-order valence-electron chi connectivity index (χ2n) is 18.7. The molecule has 1 N–H and O–H groups in total. The van der Waals surface area contributed by atoms with Gasteiger partial charge in [0.25, 0.3) is 0 Å². The quantitative estimate of drug-likeness (QED) is 0.0375. The average molecular weight is 859 g/mol. The fourth-order valence-electron chi connectivity index (χ4n) is 8.35. The molecule has 1 atom stereocenters. The maximum atomic E-state index is 12.3. The van der Waals surface area contributed by atoms with E-state index in [-0.39, 0.29) is 25.2 Å². The SMILES string of the molecule is CCCCCC/C=C\C/C=C\CCCCCCCCCC(=O)OC(CO)COC(=O)CCCCCCCCCCCCCCCCCCCCCCCCCCCCCCC. The van der Waals surface area contributed by atoms with Crippen LogP contribution in [0.1, 0.15) is 303 Å². The fraction of sp³-hybridized carbons (Fsp3) is 0.893. The van der Waals surface area contributed by atoms with Gasteiger partial charge >= 0.3 is 11.9 Å². The summed E-state index contributed by atoms with van der Waals surface area (Å²) in [6, 6.07) is 0. The summed E-state index contributed by atoms with van der Waals surface area (Å²) in [6.45, 7) is 4.16. The lowest BCUT2D eigenvalue weighted by Gasteiger charge is -2.15. The van der Waals surface area contributed by atoms with E-state index in [0.29, 0.717) is 12.8 Å². The first kappa shape index (κ1) is 59.4. The third-order valence-corrected chi connectivity index (χ3v) is 12.5. The Kier molecular flexibility index (Phi) is 51.3. The van der Waals surface area contributed by atoms with Crippen LogP contribution in [-0.4, -0.2) is 36.4 Å². The van der Waals surface area contributed by atoms with Crippen molar-refractivity contribution in [1.82, 2.24) is 0 Å². The maximum Gasteiger partial charge on any atom is 0.306 e. The number of carbonyl (C=O) groups excluding carboxylic acids is 2. The summed E-state index contributed by atoms with van der Waals surface area (Å²) in [7, 11) is 0. The average Bonchev–Trinajstić information content (AvgIpc) is 3.26. The molecular formula is C56H106O5. The Morgan fingerprint density at radius 2 is 0.656 bits per heavy atom. The molecule has 0 fully saturated rings. The molecule has 0 aromatic heterocycles. The Morgan fingerprint density at radius 1 is 0.377 bits per heavy atom. The van der Waals surface area contributed by atoms with E-state index < -0.39 is 6.10 Å². The number of hydrogen-bond donors (Lipinski definition) is 1. The molecule has 61 heavy (non-hydrogen) atoms. The van der Waals surface area contributed by atoms with E-state index in [1.54, 1.807) is 0 Å². The third-order valence-electron chi connectivity index (χ3n) is 12.5. The number of carbonyl (C=O) groups is 2. The van der Waals surface area contributed by atoms with Gasteiger partial charge in [-0.25, -0.2) is 0 Å². The summed E-state index contributed by atoms with van der Waals surface area (Å²) in [5.74, 6) is -0.583. The number of aliphatic hydroxyl groups excluding tert-OH is 1. The molecule has 5 nitrogen and oxygen atoms in total. The lowest BCUT2D eigenvalue weighted by molar-refractivity contribution is -0.161. The molecule has 0 heterocycles. The van der Waals surface area contributed by atoms with Crippen molar-refractivity contribution in [3.63, 3.8) is 0 Å². The van der Waals surface area contributed by atoms with E-state index in [1.165, 1.54) is 231 Å². The third kappa shape index (κ3) is 50.9. The van der Waals surface area contributed by atoms with Crippen molar-refractivity contribution in [3.8, 4) is 0 Å². The second kappa shape index (κ2) is 52.7. The van der Waals surface area contributed by atoms with E-state index in [9.17, 15) is 14.7 Å². The van der Waals surface area contributed by atoms with Gasteiger partial charge in [-0.3, -0.25) is 9.59 Å². The summed E-state index contributed by atoms with van der Waals surface area (Å²) in [5, 5.41) is 9.63. The van der Waals surface area contributed by atoms with Crippen LogP contribution in [0.15, 0.2) is 24.3 Å². The highest BCUT2D eigenvalue weighted by atomic mass is 16.6. The van der Waals surface area contributed by atoms with Crippen LogP contribution in [0, 0.1) is 0 Å². The number of allylic oxidation sites excluding steroid dienone is 4. The smallest absolute Gasteiger partial charge is 0.306 e. The maximum absolute atomic E-state index is 12.3. The van der Waals surface area contributed by atoms with E-state index in [1.807, 2.05) is 0 Å². The fourth-order valence-corrected chi connectivity index (χ4v) is 8.35. The van der Waals surface area contributed by atoms with E-state index in [0.717, 1.165) is 44.9 Å². The highest BCUT2D eigenvalue weighted by Crippen LogP contribution is 2.17. The minimum Gasteiger partial charge on any atom is -0.462 e. The van der Waals surface area contributed by atoms with Crippen LogP contribution in [0.4, 0.5) is 0 Å². The minimum absolute atomic E-state index is 0.0638. The molecule has 0 saturated heterocycles. The van der Waals surface area contributed by atoms with Crippen molar-refractivity contribution in [2.24, 2.45) is 0 Å². The molecule has 0 bridgehead atoms. The van der Waals surface area contributed by atoms with E-state index >= 15 is 0 Å². The summed E-state index contributed by atoms with van der Waals surface area (Å²) >= 11 is 0. The Morgan fingerprint density at radius 3 is 0.984 bits per heavy atom. The molecule has 1 unspecified atom stereocenters. The van der Waals surface area contributed by atoms with Crippen molar-refractivity contribution in [2.45, 2.75) is 309 Å². The van der Waals surface area contributed by atoms with Crippen LogP contribution >= 0.6 is 0 Å². The highest BCUT2D eigenvalue weighted by molar-refractivity contribution is 5.70. The molecule has 0 amide bonds. The van der Waals surface area contributed by atoms with Crippen LogP contribution in [0.5, 0.6) is 0 Å². The van der Waals surface area contributed by atoms with Gasteiger partial charge in [-0.2, -0.15) is 0 Å². The number of unbranched alkanes of at least 4 members (excludes halogenated alkanes) is 39. The number of esters is 2. The molecule has 0 radical (unpaired) electrons. The first-order valence-corrected chi connectivity index (χ1v) is 27.4. The first-order valence-electron chi connectivity index (χ1n) is 27.4. The monoisotopic (exact) mass is 859 g/mol. The largest absolute Gasteiger partial charge is 0.462 e. The summed E-state index contributed by atoms with van der Waals surface area (Å²) in [5.41, 5.74) is 0. The van der Waals surface area contributed by atoms with Crippen molar-refractivity contribution < 1.29 is 24.2 Å². The predicted octanol–water partition coefficient (Wildman–Crippen LogP) is 18.1. The number of rotatable bonds is 51. The number of aliphatic hydroxyl groups is 1. The van der Waals surface area contributed by atoms with Gasteiger partial charge in [-0.1, -0.05) is 269 Å². The van der Waals surface area contributed by atoms with Crippen molar-refractivity contribution >= 4 is 11.9 Å². The van der Waals surface area contributed by atoms with Gasteiger partial charge in [-0.15, -0.1) is 0 Å². The van der Waals surface area contributed by atoms with E-state index in [2.05, 4.69) is 38.2 Å². The topological polar surface area (TPSA) is 72.8 Å². The summed E-state index contributed by atoms with van der Waals surface area (Å²) in [6.07, 6.45) is 65.8. The van der Waals surface area contributed by atoms with Crippen molar-refractivity contribution in [1.29, 1.82) is 0 Å². The zero-order chi connectivity index (χ0) is 44.2. The molecular weight excluding hydrogens is 753 g/mol. The summed E-state index contributed by atoms with van der Waals surface area (Å²) in [4.78, 5) is 24.5. The van der Waals surface area contributed by atoms with Gasteiger partial charge < -0.3 is 14.6 Å². The molecule has 0 aliphatic carbocycles. The lowest BCUT2D eigenvalue weighted by Crippen LogP contribution is -2.28. The Bertz CT molecular complexity index is 928. The standard InChI is InChI=1S/C56H106O5/c1-3-5-7-9-11-13-15-17-19-21-23-24-25-26-27-28-29-30-31-32-33-35-36-38-40-42-44-46-48-50-55(58)60-53-54(52-57)61-56(59)51-49-47-45-43-41-39-37-34-22-20-18-16-14-12-10-8-6-4-2/h14,16,20,22,54,57H,3-13,15,17-19,21,23-53H2,1-2H3/b16-14-,22-20-. The highest BCUT2D eigenvalue weighted by Gasteiger charge is 2.16. The molecule has 0 rings (SSSR count). The first-order chi connectivity index (χ1) is 30.1. The number of hydrogen-bond acceptors (Lipinski definition) is 5. The second-order valence-corrected chi connectivity index (χ2v) is 18.7. The zero-order valence-electron chi connectivity index (χ0n) is 41.2. The van der Waals surface area contributed by atoms with Gasteiger partial charge in [0.05, 0.1) is 6.61 Å². The zero-order valence-corrected chi connectivity index (χ0v) is 41.2. The molecule has 0 spiro atoms. The van der Waals surface area contributed by atoms with Crippen LogP contribution in [0.25, 0.3) is 0 Å². The number of ether oxygens (including phenoxy) is 2. The molecule has 0 aliphatic rings. The van der Waals surface area contributed by atoms with Gasteiger partial charge in [0.1, 0.15) is 6.61 Å². The molecule has 0 aromatic carbocycles. The van der Waals surface area contributed by atoms with Crippen molar-refractivity contribution in [3.05, 3.63) is 24.3 Å². The predicted molar refractivity (Wildman–Crippen MR) is 265 cm³/mol. The molecule has 0 aromatic rings. The lowest BCUT2D eigenvalue weighted by atomic mass is 10.0. The Balaban J connectivity index is 3.42. The summed E-state index contributed by atoms with van der Waals surface area (Å²) < 4.78 is 10.7. The normalized spacial score (nSPS) is 12.2. The Labute approximate surface area is 381 Å². The minimum atomic E-state index is -0.773.